The number of methoxy groups -OCH3 is 1. The molecule has 0 amide bonds. The van der Waals surface area contributed by atoms with Crippen molar-refractivity contribution in [2.24, 2.45) is 0 Å². The van der Waals surface area contributed by atoms with Crippen LogP contribution < -0.4 is 0 Å². The molecule has 0 fully saturated rings. The van der Waals surface area contributed by atoms with Crippen LogP contribution in [0.2, 0.25) is 0 Å². The molecule has 0 heterocycles. The van der Waals surface area contributed by atoms with Gasteiger partial charge in [0.2, 0.25) is 0 Å². The number of hydrogen-bond acceptors (Lipinski definition) is 2. The number of benzene rings is 2. The first-order valence-corrected chi connectivity index (χ1v) is 9.33. The molecule has 0 aromatic heterocycles. The van der Waals surface area contributed by atoms with Gasteiger partial charge in [0.15, 0.2) is 0 Å². The Bertz CT molecular complexity index is 778. The van der Waals surface area contributed by atoms with Crippen LogP contribution in [0.4, 0.5) is 0 Å². The van der Waals surface area contributed by atoms with Gasteiger partial charge in [0.05, 0.1) is 12.7 Å². The topological polar surface area (TPSA) is 26.3 Å². The summed E-state index contributed by atoms with van der Waals surface area (Å²) in [4.78, 5) is 11.8. The van der Waals surface area contributed by atoms with E-state index < -0.39 is 0 Å². The zero-order valence-electron chi connectivity index (χ0n) is 12.7. The van der Waals surface area contributed by atoms with Crippen LogP contribution in [0.3, 0.4) is 0 Å². The van der Waals surface area contributed by atoms with Gasteiger partial charge in [0.25, 0.3) is 0 Å². The summed E-state index contributed by atoms with van der Waals surface area (Å²) in [6, 6.07) is 14.4. The number of allylic oxidation sites excluding steroid dienone is 1. The van der Waals surface area contributed by atoms with Crippen LogP contribution in [0, 0.1) is 3.57 Å². The molecule has 2 aromatic carbocycles. The number of fused-ring (bicyclic) bond motifs is 1. The zero-order valence-corrected chi connectivity index (χ0v) is 16.5. The van der Waals surface area contributed by atoms with Crippen molar-refractivity contribution < 1.29 is 9.53 Å². The summed E-state index contributed by atoms with van der Waals surface area (Å²) in [5.74, 6) is -0.282. The Morgan fingerprint density at radius 3 is 2.57 bits per heavy atom. The molecule has 0 radical (unpaired) electrons. The number of rotatable bonds is 2. The van der Waals surface area contributed by atoms with Gasteiger partial charge in [-0.05, 0) is 88.4 Å². The normalized spacial score (nSPS) is 14.2. The van der Waals surface area contributed by atoms with Crippen LogP contribution >= 0.6 is 38.5 Å². The molecule has 0 bridgehead atoms. The number of ether oxygens (including phenoxy) is 1. The van der Waals surface area contributed by atoms with Gasteiger partial charge >= 0.3 is 5.97 Å². The van der Waals surface area contributed by atoms with E-state index in [1.54, 1.807) is 0 Å². The number of carbonyl (C=O) groups excluding carboxylic acids is 1. The lowest BCUT2D eigenvalue weighted by Gasteiger charge is -2.14. The Balaban J connectivity index is 2.13. The van der Waals surface area contributed by atoms with E-state index in [1.165, 1.54) is 37.4 Å². The number of halogens is 2. The third-order valence-corrected chi connectivity index (χ3v) is 5.55. The average molecular weight is 483 g/mol. The molecule has 1 aliphatic carbocycles. The molecule has 0 aliphatic heterocycles. The highest BCUT2D eigenvalue weighted by atomic mass is 127. The second kappa shape index (κ2) is 7.18. The van der Waals surface area contributed by atoms with E-state index in [0.717, 1.165) is 19.3 Å². The molecule has 118 valence electrons. The lowest BCUT2D eigenvalue weighted by molar-refractivity contribution is 0.0600. The maximum atomic E-state index is 11.8. The van der Waals surface area contributed by atoms with Crippen molar-refractivity contribution in [1.29, 1.82) is 0 Å². The molecule has 0 saturated carbocycles. The van der Waals surface area contributed by atoms with Gasteiger partial charge in [-0.1, -0.05) is 34.1 Å². The summed E-state index contributed by atoms with van der Waals surface area (Å²) in [5.41, 5.74) is 5.45. The van der Waals surface area contributed by atoms with Crippen molar-refractivity contribution in [2.45, 2.75) is 19.3 Å². The highest BCUT2D eigenvalue weighted by Gasteiger charge is 2.19. The van der Waals surface area contributed by atoms with Crippen molar-refractivity contribution in [3.05, 3.63) is 72.8 Å². The van der Waals surface area contributed by atoms with Gasteiger partial charge < -0.3 is 4.74 Å². The maximum Gasteiger partial charge on any atom is 0.337 e. The minimum Gasteiger partial charge on any atom is -0.465 e. The first-order valence-electron chi connectivity index (χ1n) is 7.46. The summed E-state index contributed by atoms with van der Waals surface area (Å²) in [6.45, 7) is 0. The van der Waals surface area contributed by atoms with Gasteiger partial charge in [-0.2, -0.15) is 0 Å². The molecule has 0 atom stereocenters. The van der Waals surface area contributed by atoms with Crippen molar-refractivity contribution in [2.75, 3.05) is 7.11 Å². The third-order valence-electron chi connectivity index (χ3n) is 4.04. The second-order valence-electron chi connectivity index (χ2n) is 5.50. The fourth-order valence-corrected chi connectivity index (χ4v) is 4.01. The molecule has 0 spiro atoms. The van der Waals surface area contributed by atoms with E-state index in [0.29, 0.717) is 5.56 Å². The predicted octanol–water partition coefficient (Wildman–Crippen LogP) is 5.57. The molecule has 0 saturated heterocycles. The van der Waals surface area contributed by atoms with Gasteiger partial charge in [0, 0.05) is 8.05 Å². The molecule has 2 aromatic rings. The van der Waals surface area contributed by atoms with Gasteiger partial charge in [-0.25, -0.2) is 4.79 Å². The monoisotopic (exact) mass is 482 g/mol. The third kappa shape index (κ3) is 3.53. The van der Waals surface area contributed by atoms with Gasteiger partial charge in [0.1, 0.15) is 0 Å². The summed E-state index contributed by atoms with van der Waals surface area (Å²) in [7, 11) is 1.42. The van der Waals surface area contributed by atoms with Crippen LogP contribution in [-0.2, 0) is 11.2 Å². The minimum absolute atomic E-state index is 0.282. The second-order valence-corrected chi connectivity index (χ2v) is 7.71. The lowest BCUT2D eigenvalue weighted by Crippen LogP contribution is -2.03. The predicted molar refractivity (Wildman–Crippen MR) is 105 cm³/mol. The summed E-state index contributed by atoms with van der Waals surface area (Å²) in [5, 5.41) is 0. The fraction of sp³-hybridized carbons (Fsp3) is 0.211. The van der Waals surface area contributed by atoms with Gasteiger partial charge in [-0.15, -0.1) is 0 Å². The minimum atomic E-state index is -0.282. The van der Waals surface area contributed by atoms with Crippen molar-refractivity contribution in [1.82, 2.24) is 0 Å². The van der Waals surface area contributed by atoms with Crippen molar-refractivity contribution in [3.8, 4) is 0 Å². The zero-order chi connectivity index (χ0) is 16.4. The van der Waals surface area contributed by atoms with Gasteiger partial charge in [-0.3, -0.25) is 0 Å². The quantitative estimate of drug-likeness (QED) is 0.413. The van der Waals surface area contributed by atoms with Crippen molar-refractivity contribution in [3.63, 3.8) is 0 Å². The van der Waals surface area contributed by atoms with Crippen LogP contribution in [0.5, 0.6) is 0 Å². The SMILES string of the molecule is COC(=O)c1ccc2c(c1)CCCC(Br)=C2c1ccc(I)cc1. The van der Waals surface area contributed by atoms with E-state index in [4.69, 9.17) is 4.74 Å². The summed E-state index contributed by atoms with van der Waals surface area (Å²) in [6.07, 6.45) is 3.03. The molecule has 1 aliphatic rings. The van der Waals surface area contributed by atoms with E-state index in [-0.39, 0.29) is 5.97 Å². The Kier molecular flexibility index (Phi) is 5.21. The molecule has 3 rings (SSSR count). The molecular weight excluding hydrogens is 467 g/mol. The smallest absolute Gasteiger partial charge is 0.337 e. The Morgan fingerprint density at radius 2 is 1.87 bits per heavy atom. The van der Waals surface area contributed by atoms with Crippen LogP contribution in [0.1, 0.15) is 39.9 Å². The summed E-state index contributed by atoms with van der Waals surface area (Å²) < 4.78 is 7.29. The highest BCUT2D eigenvalue weighted by Crippen LogP contribution is 2.38. The highest BCUT2D eigenvalue weighted by molar-refractivity contribution is 14.1. The number of carbonyl (C=O) groups is 1. The molecule has 2 nitrogen and oxygen atoms in total. The number of esters is 1. The van der Waals surface area contributed by atoms with E-state index in [2.05, 4.69) is 62.8 Å². The molecular formula is C19H16BrIO2. The molecule has 23 heavy (non-hydrogen) atoms. The number of hydrogen-bond donors (Lipinski definition) is 0. The fourth-order valence-electron chi connectivity index (χ4n) is 2.92. The molecule has 4 heteroatoms. The van der Waals surface area contributed by atoms with E-state index in [9.17, 15) is 4.79 Å². The van der Waals surface area contributed by atoms with E-state index in [1.807, 2.05) is 18.2 Å². The van der Waals surface area contributed by atoms with Crippen LogP contribution in [0.25, 0.3) is 5.57 Å². The molecule has 0 N–H and O–H groups in total. The van der Waals surface area contributed by atoms with Crippen LogP contribution in [0.15, 0.2) is 46.9 Å². The van der Waals surface area contributed by atoms with Crippen molar-refractivity contribution >= 4 is 50.1 Å². The van der Waals surface area contributed by atoms with E-state index >= 15 is 0 Å². The first-order chi connectivity index (χ1) is 11.1. The van der Waals surface area contributed by atoms with Crippen LogP contribution in [-0.4, -0.2) is 13.1 Å². The average Bonchev–Trinajstić information content (AvgIpc) is 2.72. The Hall–Kier alpha value is -1.14. The number of aryl methyl sites for hydroxylation is 1. The first kappa shape index (κ1) is 16.7. The summed E-state index contributed by atoms with van der Waals surface area (Å²) >= 11 is 6.09. The Labute approximate surface area is 158 Å². The Morgan fingerprint density at radius 1 is 1.13 bits per heavy atom. The maximum absolute atomic E-state index is 11.8. The lowest BCUT2D eigenvalue weighted by atomic mass is 9.92. The standard InChI is InChI=1S/C19H16BrIO2/c1-23-19(22)14-7-10-16-13(11-14)3-2-4-17(20)18(16)12-5-8-15(21)9-6-12/h5-11H,2-4H2,1H3. The molecule has 0 unspecified atom stereocenters. The largest absolute Gasteiger partial charge is 0.465 e.